The zero-order chi connectivity index (χ0) is 29.9. The minimum atomic E-state index is 0.756. The quantitative estimate of drug-likeness (QED) is 0.191. The second kappa shape index (κ2) is 10.1. The lowest BCUT2D eigenvalue weighted by atomic mass is 9.87. The first kappa shape index (κ1) is 25.6. The number of hydrogen-bond acceptors (Lipinski definition) is 2. The summed E-state index contributed by atoms with van der Waals surface area (Å²) in [6.07, 6.45) is 0. The third kappa shape index (κ3) is 3.94. The van der Waals surface area contributed by atoms with Gasteiger partial charge in [-0.15, -0.1) is 0 Å². The molecule has 8 aromatic rings. The molecular formula is C42H29N3. The summed E-state index contributed by atoms with van der Waals surface area (Å²) in [6, 6.07) is 54.7. The van der Waals surface area contributed by atoms with E-state index in [0.717, 1.165) is 23.6 Å². The van der Waals surface area contributed by atoms with Gasteiger partial charge >= 0.3 is 0 Å². The smallest absolute Gasteiger partial charge is 0.0859 e. The van der Waals surface area contributed by atoms with Gasteiger partial charge in [0.2, 0.25) is 0 Å². The monoisotopic (exact) mass is 575 g/mol. The molecule has 1 aliphatic rings. The first-order valence-electron chi connectivity index (χ1n) is 15.4. The summed E-state index contributed by atoms with van der Waals surface area (Å²) >= 11 is 0. The number of nitrogens with zero attached hydrogens (tertiary/aromatic N) is 3. The fraction of sp³-hybridized carbons (Fsp3) is 0.0238. The first-order chi connectivity index (χ1) is 22.3. The van der Waals surface area contributed by atoms with Crippen LogP contribution in [0.5, 0.6) is 0 Å². The van der Waals surface area contributed by atoms with Gasteiger partial charge in [0, 0.05) is 28.6 Å². The van der Waals surface area contributed by atoms with Gasteiger partial charge < -0.3 is 9.47 Å². The zero-order valence-corrected chi connectivity index (χ0v) is 24.7. The maximum atomic E-state index is 4.40. The SMILES string of the molecule is C=Nc1ccccc1N1Cc2c(ccc3ccccc23)-c2ccc(-c3ccc(-n4c5ccccc5c5ccccc54)cc3)cc21. The molecule has 0 saturated carbocycles. The maximum absolute atomic E-state index is 4.40. The number of fused-ring (bicyclic) bond motifs is 8. The van der Waals surface area contributed by atoms with Gasteiger partial charge in [0.25, 0.3) is 0 Å². The van der Waals surface area contributed by atoms with Gasteiger partial charge in [-0.25, -0.2) is 0 Å². The van der Waals surface area contributed by atoms with Crippen LogP contribution in [0.3, 0.4) is 0 Å². The van der Waals surface area contributed by atoms with E-state index in [1.807, 2.05) is 12.1 Å². The maximum Gasteiger partial charge on any atom is 0.0859 e. The Labute approximate surface area is 262 Å². The molecule has 3 heteroatoms. The number of anilines is 2. The van der Waals surface area contributed by atoms with Crippen LogP contribution in [0.25, 0.3) is 60.5 Å². The van der Waals surface area contributed by atoms with Crippen LogP contribution in [0.1, 0.15) is 5.56 Å². The van der Waals surface area contributed by atoms with Gasteiger partial charge in [-0.05, 0) is 82.2 Å². The van der Waals surface area contributed by atoms with Crippen molar-refractivity contribution >= 4 is 56.4 Å². The van der Waals surface area contributed by atoms with Gasteiger partial charge in [0.15, 0.2) is 0 Å². The third-order valence-corrected chi connectivity index (χ3v) is 9.32. The molecular weight excluding hydrogens is 546 g/mol. The van der Waals surface area contributed by atoms with Crippen LogP contribution in [0.15, 0.2) is 157 Å². The molecule has 2 heterocycles. The Morgan fingerprint density at radius 1 is 0.511 bits per heavy atom. The Morgan fingerprint density at radius 3 is 1.89 bits per heavy atom. The Balaban J connectivity index is 1.19. The lowest BCUT2D eigenvalue weighted by molar-refractivity contribution is 0.970. The second-order valence-corrected chi connectivity index (χ2v) is 11.7. The molecule has 7 aromatic carbocycles. The van der Waals surface area contributed by atoms with Crippen LogP contribution in [0.4, 0.5) is 17.1 Å². The molecule has 45 heavy (non-hydrogen) atoms. The Kier molecular flexibility index (Phi) is 5.72. The van der Waals surface area contributed by atoms with Gasteiger partial charge in [-0.2, -0.15) is 0 Å². The lowest BCUT2D eigenvalue weighted by Gasteiger charge is -2.34. The first-order valence-corrected chi connectivity index (χ1v) is 15.4. The Hall–Kier alpha value is -5.93. The zero-order valence-electron chi connectivity index (χ0n) is 24.7. The van der Waals surface area contributed by atoms with Crippen molar-refractivity contribution < 1.29 is 0 Å². The Bertz CT molecular complexity index is 2380. The average molecular weight is 576 g/mol. The van der Waals surface area contributed by atoms with Crippen LogP contribution >= 0.6 is 0 Å². The fourth-order valence-corrected chi connectivity index (χ4v) is 7.21. The predicted molar refractivity (Wildman–Crippen MR) is 191 cm³/mol. The molecule has 9 rings (SSSR count). The highest BCUT2D eigenvalue weighted by molar-refractivity contribution is 6.09. The van der Waals surface area contributed by atoms with Crippen molar-refractivity contribution in [2.45, 2.75) is 6.54 Å². The van der Waals surface area contributed by atoms with Gasteiger partial charge in [0.1, 0.15) is 0 Å². The molecule has 0 radical (unpaired) electrons. The van der Waals surface area contributed by atoms with Crippen molar-refractivity contribution in [2.75, 3.05) is 4.90 Å². The summed E-state index contributed by atoms with van der Waals surface area (Å²) < 4.78 is 2.36. The normalized spacial score (nSPS) is 12.4. The standard InChI is InChI=1S/C42H29N3/c1-43-38-14-6-9-17-41(38)44-27-37-32-11-3-2-10-29(32)20-24-33(37)36-25-21-30(26-42(36)44)28-18-22-31(23-19-28)45-39-15-7-4-12-34(39)35-13-5-8-16-40(35)45/h2-26H,1,27H2. The summed E-state index contributed by atoms with van der Waals surface area (Å²) in [5.74, 6) is 0. The molecule has 0 atom stereocenters. The Morgan fingerprint density at radius 2 is 1.13 bits per heavy atom. The number of rotatable bonds is 4. The average Bonchev–Trinajstić information content (AvgIpc) is 3.45. The van der Waals surface area contributed by atoms with Crippen LogP contribution in [-0.2, 0) is 6.54 Å². The molecule has 3 nitrogen and oxygen atoms in total. The van der Waals surface area contributed by atoms with E-state index in [1.54, 1.807) is 0 Å². The summed E-state index contributed by atoms with van der Waals surface area (Å²) in [5.41, 5.74) is 12.9. The molecule has 1 aliphatic heterocycles. The summed E-state index contributed by atoms with van der Waals surface area (Å²) in [4.78, 5) is 6.81. The van der Waals surface area contributed by atoms with Crippen LogP contribution < -0.4 is 4.90 Å². The van der Waals surface area contributed by atoms with E-state index in [9.17, 15) is 0 Å². The van der Waals surface area contributed by atoms with Crippen molar-refractivity contribution in [3.63, 3.8) is 0 Å². The minimum absolute atomic E-state index is 0.756. The van der Waals surface area contributed by atoms with Crippen LogP contribution in [-0.4, -0.2) is 11.3 Å². The molecule has 0 bridgehead atoms. The van der Waals surface area contributed by atoms with E-state index in [2.05, 4.69) is 161 Å². The van der Waals surface area contributed by atoms with E-state index >= 15 is 0 Å². The highest BCUT2D eigenvalue weighted by Crippen LogP contribution is 2.48. The summed E-state index contributed by atoms with van der Waals surface area (Å²) in [6.45, 7) is 4.65. The van der Waals surface area contributed by atoms with Gasteiger partial charge in [0.05, 0.1) is 28.1 Å². The number of benzene rings is 7. The largest absolute Gasteiger partial charge is 0.335 e. The molecule has 0 amide bonds. The van der Waals surface area contributed by atoms with Gasteiger partial charge in [-0.3, -0.25) is 4.99 Å². The molecule has 0 fully saturated rings. The van der Waals surface area contributed by atoms with E-state index in [1.165, 1.54) is 66.1 Å². The molecule has 0 spiro atoms. The van der Waals surface area contributed by atoms with Crippen molar-refractivity contribution in [2.24, 2.45) is 4.99 Å². The molecule has 0 unspecified atom stereocenters. The molecule has 212 valence electrons. The molecule has 1 aromatic heterocycles. The molecule has 0 N–H and O–H groups in total. The van der Waals surface area contributed by atoms with Crippen molar-refractivity contribution in [1.29, 1.82) is 0 Å². The van der Waals surface area contributed by atoms with Crippen molar-refractivity contribution in [3.8, 4) is 27.9 Å². The van der Waals surface area contributed by atoms with Crippen LogP contribution in [0.2, 0.25) is 0 Å². The number of aliphatic imine (C=N–C) groups is 1. The highest BCUT2D eigenvalue weighted by Gasteiger charge is 2.26. The minimum Gasteiger partial charge on any atom is -0.335 e. The number of aromatic nitrogens is 1. The molecule has 0 saturated heterocycles. The summed E-state index contributed by atoms with van der Waals surface area (Å²) in [7, 11) is 0. The predicted octanol–water partition coefficient (Wildman–Crippen LogP) is 11.3. The van der Waals surface area contributed by atoms with Crippen LogP contribution in [0, 0.1) is 0 Å². The topological polar surface area (TPSA) is 20.5 Å². The number of hydrogen-bond donors (Lipinski definition) is 0. The number of para-hydroxylation sites is 4. The lowest BCUT2D eigenvalue weighted by Crippen LogP contribution is -2.22. The van der Waals surface area contributed by atoms with E-state index in [4.69, 9.17) is 0 Å². The van der Waals surface area contributed by atoms with E-state index < -0.39 is 0 Å². The van der Waals surface area contributed by atoms with Crippen molar-refractivity contribution in [3.05, 3.63) is 157 Å². The van der Waals surface area contributed by atoms with Gasteiger partial charge in [-0.1, -0.05) is 109 Å². The third-order valence-electron chi connectivity index (χ3n) is 9.32. The van der Waals surface area contributed by atoms with E-state index in [0.29, 0.717) is 0 Å². The van der Waals surface area contributed by atoms with E-state index in [-0.39, 0.29) is 0 Å². The highest BCUT2D eigenvalue weighted by atomic mass is 15.2. The fourth-order valence-electron chi connectivity index (χ4n) is 7.21. The van der Waals surface area contributed by atoms with Crippen molar-refractivity contribution in [1.82, 2.24) is 4.57 Å². The summed E-state index contributed by atoms with van der Waals surface area (Å²) in [5, 5.41) is 5.10. The molecule has 0 aliphatic carbocycles. The second-order valence-electron chi connectivity index (χ2n) is 11.7.